The molecule has 0 fully saturated rings. The van der Waals surface area contributed by atoms with E-state index in [-0.39, 0.29) is 11.5 Å². The largest absolute Gasteiger partial charge is 0.477 e. The first-order valence-electron chi connectivity index (χ1n) is 7.42. The summed E-state index contributed by atoms with van der Waals surface area (Å²) in [7, 11) is 0. The molecule has 1 aliphatic carbocycles. The summed E-state index contributed by atoms with van der Waals surface area (Å²) in [4.78, 5) is 36.8. The van der Waals surface area contributed by atoms with Gasteiger partial charge in [-0.05, 0) is 51.8 Å². The average Bonchev–Trinajstić information content (AvgIpc) is 2.49. The van der Waals surface area contributed by atoms with Crippen LogP contribution in [-0.2, 0) is 11.8 Å². The number of Topliss-reactive ketones (excluding diaryl/α,β-unsaturated/α-hetero) is 1. The molecule has 0 saturated carbocycles. The highest BCUT2D eigenvalue weighted by molar-refractivity contribution is 6.05. The third-order valence-electron chi connectivity index (χ3n) is 4.33. The second kappa shape index (κ2) is 5.22. The summed E-state index contributed by atoms with van der Waals surface area (Å²) in [6.45, 7) is 5.57. The highest BCUT2D eigenvalue weighted by atomic mass is 16.4. The predicted molar refractivity (Wildman–Crippen MR) is 82.7 cm³/mol. The summed E-state index contributed by atoms with van der Waals surface area (Å²) in [5.41, 5.74) is 1.80. The molecule has 0 aliphatic heterocycles. The molecular weight excluding hydrogens is 294 g/mol. The summed E-state index contributed by atoms with van der Waals surface area (Å²) in [5.74, 6) is -0.518. The molecule has 6 nitrogen and oxygen atoms in total. The summed E-state index contributed by atoms with van der Waals surface area (Å²) in [5, 5.41) is 9.03. The van der Waals surface area contributed by atoms with Gasteiger partial charge in [0.1, 0.15) is 11.5 Å². The van der Waals surface area contributed by atoms with Crippen LogP contribution in [0.4, 0.5) is 0 Å². The van der Waals surface area contributed by atoms with E-state index in [1.165, 1.54) is 6.07 Å². The van der Waals surface area contributed by atoms with Crippen LogP contribution in [0.5, 0.6) is 0 Å². The fourth-order valence-electron chi connectivity index (χ4n) is 3.04. The zero-order valence-corrected chi connectivity index (χ0v) is 13.3. The Bertz CT molecular complexity index is 812. The second-order valence-corrected chi connectivity index (χ2v) is 6.10. The number of fused-ring (bicyclic) bond motifs is 1. The molecular formula is C17H17N3O3. The number of hydrogen-bond acceptors (Lipinski definition) is 5. The number of carboxylic acid groups (broad SMARTS) is 1. The number of nitrogens with zero attached hydrogens (tertiary/aromatic N) is 3. The Kier molecular flexibility index (Phi) is 3.47. The molecule has 1 atom stereocenters. The number of aromatic carboxylic acids is 1. The summed E-state index contributed by atoms with van der Waals surface area (Å²) in [6, 6.07) is 4.78. The molecule has 2 aromatic rings. The van der Waals surface area contributed by atoms with E-state index in [1.54, 1.807) is 6.07 Å². The van der Waals surface area contributed by atoms with Gasteiger partial charge in [-0.2, -0.15) is 0 Å². The van der Waals surface area contributed by atoms with Gasteiger partial charge in [0.15, 0.2) is 5.78 Å². The van der Waals surface area contributed by atoms with Gasteiger partial charge in [-0.1, -0.05) is 0 Å². The lowest BCUT2D eigenvalue weighted by atomic mass is 9.71. The number of aryl methyl sites for hydroxylation is 3. The lowest BCUT2D eigenvalue weighted by Gasteiger charge is -2.32. The first-order chi connectivity index (χ1) is 10.8. The molecule has 0 bridgehead atoms. The van der Waals surface area contributed by atoms with E-state index in [1.807, 2.05) is 26.8 Å². The monoisotopic (exact) mass is 311 g/mol. The van der Waals surface area contributed by atoms with Crippen molar-refractivity contribution in [2.45, 2.75) is 39.0 Å². The third-order valence-corrected chi connectivity index (χ3v) is 4.33. The van der Waals surface area contributed by atoms with Crippen molar-refractivity contribution in [3.05, 3.63) is 52.4 Å². The Hall–Kier alpha value is -2.63. The van der Waals surface area contributed by atoms with Gasteiger partial charge in [0.2, 0.25) is 0 Å². The molecule has 0 aromatic carbocycles. The molecule has 1 unspecified atom stereocenters. The van der Waals surface area contributed by atoms with Crippen LogP contribution in [0.2, 0.25) is 0 Å². The van der Waals surface area contributed by atoms with E-state index in [0.717, 1.165) is 5.69 Å². The molecule has 0 spiro atoms. The fraction of sp³-hybridized carbons (Fsp3) is 0.353. The molecule has 3 rings (SSSR count). The summed E-state index contributed by atoms with van der Waals surface area (Å²) < 4.78 is 0. The van der Waals surface area contributed by atoms with Crippen LogP contribution in [0.25, 0.3) is 0 Å². The molecule has 0 amide bonds. The van der Waals surface area contributed by atoms with E-state index >= 15 is 0 Å². The maximum atomic E-state index is 13.0. The van der Waals surface area contributed by atoms with Gasteiger partial charge in [0.25, 0.3) is 0 Å². The summed E-state index contributed by atoms with van der Waals surface area (Å²) >= 11 is 0. The second-order valence-electron chi connectivity index (χ2n) is 6.10. The van der Waals surface area contributed by atoms with Crippen LogP contribution in [0, 0.1) is 13.8 Å². The molecule has 2 heterocycles. The zero-order chi connectivity index (χ0) is 16.8. The normalized spacial score (nSPS) is 20.2. The van der Waals surface area contributed by atoms with Gasteiger partial charge in [0.05, 0.1) is 16.8 Å². The van der Waals surface area contributed by atoms with Gasteiger partial charge in [0, 0.05) is 11.3 Å². The number of pyridine rings is 1. The minimum absolute atomic E-state index is 0.0334. The van der Waals surface area contributed by atoms with Crippen molar-refractivity contribution in [3.8, 4) is 0 Å². The van der Waals surface area contributed by atoms with Crippen molar-refractivity contribution < 1.29 is 14.7 Å². The lowest BCUT2D eigenvalue weighted by molar-refractivity contribution is 0.0688. The van der Waals surface area contributed by atoms with Crippen molar-refractivity contribution in [2.75, 3.05) is 0 Å². The van der Waals surface area contributed by atoms with Crippen molar-refractivity contribution in [1.82, 2.24) is 15.0 Å². The standard InChI is InChI=1S/C17H17N3O3/c1-9-8-14(19-10(2)18-9)17(3)7-6-12-11(15(17)21)4-5-13(20-12)16(22)23/h4-5,8H,6-7H2,1-3H3,(H,22,23). The maximum Gasteiger partial charge on any atom is 0.354 e. The zero-order valence-electron chi connectivity index (χ0n) is 13.3. The Labute approximate surface area is 133 Å². The molecule has 0 saturated heterocycles. The Morgan fingerprint density at radius 3 is 2.61 bits per heavy atom. The first kappa shape index (κ1) is 15.3. The third kappa shape index (κ3) is 2.50. The Morgan fingerprint density at radius 1 is 1.22 bits per heavy atom. The van der Waals surface area contributed by atoms with Crippen LogP contribution in [-0.4, -0.2) is 31.8 Å². The lowest BCUT2D eigenvalue weighted by Crippen LogP contribution is -2.39. The quantitative estimate of drug-likeness (QED) is 0.914. The van der Waals surface area contributed by atoms with Crippen LogP contribution in [0.1, 0.15) is 57.1 Å². The van der Waals surface area contributed by atoms with Crippen molar-refractivity contribution in [1.29, 1.82) is 0 Å². The number of rotatable bonds is 2. The minimum Gasteiger partial charge on any atom is -0.477 e. The number of carbonyl (C=O) groups is 2. The highest BCUT2D eigenvalue weighted by Gasteiger charge is 2.42. The van der Waals surface area contributed by atoms with E-state index in [0.29, 0.717) is 35.6 Å². The average molecular weight is 311 g/mol. The molecule has 1 aliphatic rings. The molecule has 2 aromatic heterocycles. The topological polar surface area (TPSA) is 93.0 Å². The molecule has 6 heteroatoms. The van der Waals surface area contributed by atoms with E-state index < -0.39 is 11.4 Å². The SMILES string of the molecule is Cc1cc(C2(C)CCc3nc(C(=O)O)ccc3C2=O)nc(C)n1. The minimum atomic E-state index is -1.09. The smallest absolute Gasteiger partial charge is 0.354 e. The van der Waals surface area contributed by atoms with Gasteiger partial charge < -0.3 is 5.11 Å². The van der Waals surface area contributed by atoms with Gasteiger partial charge in [-0.25, -0.2) is 19.7 Å². The maximum absolute atomic E-state index is 13.0. The van der Waals surface area contributed by atoms with Crippen molar-refractivity contribution in [3.63, 3.8) is 0 Å². The number of carboxylic acids is 1. The van der Waals surface area contributed by atoms with Crippen molar-refractivity contribution in [2.24, 2.45) is 0 Å². The number of aromatic nitrogens is 3. The number of carbonyl (C=O) groups excluding carboxylic acids is 1. The van der Waals surface area contributed by atoms with Crippen LogP contribution < -0.4 is 0 Å². The Balaban J connectivity index is 2.08. The van der Waals surface area contributed by atoms with Crippen LogP contribution in [0.15, 0.2) is 18.2 Å². The molecule has 0 radical (unpaired) electrons. The number of hydrogen-bond donors (Lipinski definition) is 1. The van der Waals surface area contributed by atoms with Crippen molar-refractivity contribution >= 4 is 11.8 Å². The predicted octanol–water partition coefficient (Wildman–Crippen LogP) is 2.27. The van der Waals surface area contributed by atoms with E-state index in [4.69, 9.17) is 5.11 Å². The Morgan fingerprint density at radius 2 is 1.96 bits per heavy atom. The molecule has 1 N–H and O–H groups in total. The molecule has 118 valence electrons. The van der Waals surface area contributed by atoms with Crippen LogP contribution >= 0.6 is 0 Å². The first-order valence-corrected chi connectivity index (χ1v) is 7.42. The molecule has 23 heavy (non-hydrogen) atoms. The highest BCUT2D eigenvalue weighted by Crippen LogP contribution is 2.37. The number of ketones is 1. The van der Waals surface area contributed by atoms with Gasteiger partial charge in [-0.3, -0.25) is 4.79 Å². The van der Waals surface area contributed by atoms with Crippen LogP contribution in [0.3, 0.4) is 0 Å². The van der Waals surface area contributed by atoms with E-state index in [2.05, 4.69) is 15.0 Å². The van der Waals surface area contributed by atoms with E-state index in [9.17, 15) is 9.59 Å². The summed E-state index contributed by atoms with van der Waals surface area (Å²) in [6.07, 6.45) is 1.09. The van der Waals surface area contributed by atoms with Gasteiger partial charge in [-0.15, -0.1) is 0 Å². The fourth-order valence-corrected chi connectivity index (χ4v) is 3.04. The van der Waals surface area contributed by atoms with Gasteiger partial charge >= 0.3 is 5.97 Å².